The molecule has 0 aliphatic carbocycles. The Bertz CT molecular complexity index is 212. The topological polar surface area (TPSA) is 102 Å². The lowest BCUT2D eigenvalue weighted by molar-refractivity contribution is 1.34. The molecule has 7 N–H and O–H groups in total. The van der Waals surface area contributed by atoms with E-state index in [1.807, 2.05) is 0 Å². The number of hydrogen-bond acceptors (Lipinski definition) is 4. The highest BCUT2D eigenvalue weighted by Crippen LogP contribution is 1.90. The predicted molar refractivity (Wildman–Crippen MR) is 46.7 cm³/mol. The van der Waals surface area contributed by atoms with E-state index in [2.05, 4.69) is 0 Å². The summed E-state index contributed by atoms with van der Waals surface area (Å²) < 4.78 is 0. The van der Waals surface area contributed by atoms with Gasteiger partial charge in [0.15, 0.2) is 0 Å². The Kier molecular flexibility index (Phi) is 4.31. The maximum Gasteiger partial charge on any atom is 0.0349 e. The molecule has 0 saturated heterocycles. The van der Waals surface area contributed by atoms with Gasteiger partial charge in [-0.25, -0.2) is 0 Å². The van der Waals surface area contributed by atoms with Crippen molar-refractivity contribution in [3.63, 3.8) is 0 Å². The molecule has 0 atom stereocenters. The number of nitrogens with two attached hydrogens (primary N) is 3. The highest BCUT2D eigenvalue weighted by molar-refractivity contribution is 5.69. The lowest BCUT2D eigenvalue weighted by Gasteiger charge is -1.92. The molecular weight excluding hydrogens is 140 g/mol. The van der Waals surface area contributed by atoms with Crippen molar-refractivity contribution in [3.05, 3.63) is 35.8 Å². The van der Waals surface area contributed by atoms with E-state index in [1.165, 1.54) is 24.4 Å². The van der Waals surface area contributed by atoms with E-state index in [0.717, 1.165) is 6.21 Å². The molecule has 0 aromatic carbocycles. The molecule has 0 heterocycles. The fraction of sp³-hybridized carbons (Fsp3) is 0. The molecule has 4 heteroatoms. The number of nitrogens with one attached hydrogen (secondary N) is 1. The zero-order valence-electron chi connectivity index (χ0n) is 6.12. The Morgan fingerprint density at radius 3 is 2.27 bits per heavy atom. The Labute approximate surface area is 65.6 Å². The predicted octanol–water partition coefficient (Wildman–Crippen LogP) is -0.206. The zero-order valence-corrected chi connectivity index (χ0v) is 6.12. The fourth-order valence-corrected chi connectivity index (χ4v) is 0.496. The summed E-state index contributed by atoms with van der Waals surface area (Å²) >= 11 is 0. The van der Waals surface area contributed by atoms with E-state index >= 15 is 0 Å². The minimum absolute atomic E-state index is 0.426. The van der Waals surface area contributed by atoms with Gasteiger partial charge in [-0.1, -0.05) is 0 Å². The number of hydrogen-bond donors (Lipinski definition) is 4. The second kappa shape index (κ2) is 5.10. The summed E-state index contributed by atoms with van der Waals surface area (Å²) in [6.07, 6.45) is 6.88. The minimum atomic E-state index is 0.426. The van der Waals surface area contributed by atoms with Crippen molar-refractivity contribution >= 4 is 6.21 Å². The summed E-state index contributed by atoms with van der Waals surface area (Å²) in [5.41, 5.74) is 16.8. The molecule has 0 aliphatic rings. The van der Waals surface area contributed by atoms with Gasteiger partial charge >= 0.3 is 0 Å². The van der Waals surface area contributed by atoms with Crippen molar-refractivity contribution in [1.82, 2.24) is 0 Å². The smallest absolute Gasteiger partial charge is 0.0349 e. The minimum Gasteiger partial charge on any atom is -0.405 e. The highest BCUT2D eigenvalue weighted by Gasteiger charge is 1.83. The molecule has 0 radical (unpaired) electrons. The van der Waals surface area contributed by atoms with E-state index < -0.39 is 0 Å². The number of rotatable bonds is 3. The molecule has 0 aromatic rings. The molecule has 60 valence electrons. The first-order valence-electron chi connectivity index (χ1n) is 3.02. The van der Waals surface area contributed by atoms with Gasteiger partial charge in [-0.05, 0) is 24.4 Å². The molecule has 0 aliphatic heterocycles. The fourth-order valence-electron chi connectivity index (χ4n) is 0.496. The van der Waals surface area contributed by atoms with Gasteiger partial charge in [0.05, 0.1) is 0 Å². The van der Waals surface area contributed by atoms with Crippen LogP contribution < -0.4 is 17.2 Å². The normalized spacial score (nSPS) is 13.8. The van der Waals surface area contributed by atoms with E-state index in [4.69, 9.17) is 22.6 Å². The summed E-state index contributed by atoms with van der Waals surface area (Å²) in [6, 6.07) is 0. The van der Waals surface area contributed by atoms with Gasteiger partial charge in [0.25, 0.3) is 0 Å². The van der Waals surface area contributed by atoms with Crippen LogP contribution in [0.15, 0.2) is 35.8 Å². The quantitative estimate of drug-likeness (QED) is 0.332. The summed E-state index contributed by atoms with van der Waals surface area (Å²) in [7, 11) is 0. The van der Waals surface area contributed by atoms with Crippen LogP contribution in [-0.4, -0.2) is 6.21 Å². The molecule has 4 nitrogen and oxygen atoms in total. The Hall–Kier alpha value is -1.71. The lowest BCUT2D eigenvalue weighted by atomic mass is 10.3. The monoisotopic (exact) mass is 152 g/mol. The zero-order chi connectivity index (χ0) is 8.69. The molecular formula is C7H12N4. The van der Waals surface area contributed by atoms with Crippen LogP contribution in [0.3, 0.4) is 0 Å². The average Bonchev–Trinajstić information content (AvgIpc) is 1.87. The summed E-state index contributed by atoms with van der Waals surface area (Å²) in [5.74, 6) is 0. The molecule has 0 fully saturated rings. The van der Waals surface area contributed by atoms with Crippen LogP contribution in [-0.2, 0) is 0 Å². The summed E-state index contributed by atoms with van der Waals surface area (Å²) in [5, 5.41) is 6.69. The molecule has 11 heavy (non-hydrogen) atoms. The van der Waals surface area contributed by atoms with Crippen LogP contribution in [0.2, 0.25) is 0 Å². The summed E-state index contributed by atoms with van der Waals surface area (Å²) in [4.78, 5) is 0. The average molecular weight is 152 g/mol. The molecule has 0 unspecified atom stereocenters. The van der Waals surface area contributed by atoms with Gasteiger partial charge in [-0.3, -0.25) is 0 Å². The van der Waals surface area contributed by atoms with Gasteiger partial charge < -0.3 is 22.6 Å². The first-order chi connectivity index (χ1) is 5.20. The van der Waals surface area contributed by atoms with Crippen molar-refractivity contribution in [2.24, 2.45) is 17.2 Å². The van der Waals surface area contributed by atoms with Gasteiger partial charge in [-0.15, -0.1) is 0 Å². The van der Waals surface area contributed by atoms with Crippen LogP contribution in [0.1, 0.15) is 0 Å². The maximum absolute atomic E-state index is 6.69. The van der Waals surface area contributed by atoms with E-state index in [0.29, 0.717) is 11.4 Å². The van der Waals surface area contributed by atoms with Crippen LogP contribution in [0, 0.1) is 5.41 Å². The summed E-state index contributed by atoms with van der Waals surface area (Å²) in [6.45, 7) is 0. The molecule has 0 bridgehead atoms. The van der Waals surface area contributed by atoms with Crippen molar-refractivity contribution in [3.8, 4) is 0 Å². The Morgan fingerprint density at radius 1 is 1.18 bits per heavy atom. The lowest BCUT2D eigenvalue weighted by Crippen LogP contribution is -2.00. The van der Waals surface area contributed by atoms with Crippen LogP contribution >= 0.6 is 0 Å². The van der Waals surface area contributed by atoms with Crippen molar-refractivity contribution < 1.29 is 0 Å². The van der Waals surface area contributed by atoms with Gasteiger partial charge in [0, 0.05) is 17.6 Å². The van der Waals surface area contributed by atoms with E-state index in [-0.39, 0.29) is 0 Å². The number of allylic oxidation sites excluding steroid dienone is 3. The van der Waals surface area contributed by atoms with Gasteiger partial charge in [0.2, 0.25) is 0 Å². The Morgan fingerprint density at radius 2 is 1.82 bits per heavy atom. The SMILES string of the molecule is N=C/C=C(N)/C=C(N)/C=C/N. The van der Waals surface area contributed by atoms with E-state index in [9.17, 15) is 0 Å². The van der Waals surface area contributed by atoms with Crippen molar-refractivity contribution in [1.29, 1.82) is 5.41 Å². The van der Waals surface area contributed by atoms with Crippen molar-refractivity contribution in [2.45, 2.75) is 0 Å². The van der Waals surface area contributed by atoms with Crippen LogP contribution in [0.25, 0.3) is 0 Å². The molecule has 0 saturated carbocycles. The Balaban J connectivity index is 4.29. The molecule has 0 spiro atoms. The molecule has 0 rings (SSSR count). The van der Waals surface area contributed by atoms with Gasteiger partial charge in [0.1, 0.15) is 0 Å². The van der Waals surface area contributed by atoms with Crippen molar-refractivity contribution in [2.75, 3.05) is 0 Å². The highest BCUT2D eigenvalue weighted by atomic mass is 14.6. The van der Waals surface area contributed by atoms with E-state index in [1.54, 1.807) is 0 Å². The second-order valence-corrected chi connectivity index (χ2v) is 1.84. The third kappa shape index (κ3) is 4.77. The largest absolute Gasteiger partial charge is 0.405 e. The van der Waals surface area contributed by atoms with Crippen LogP contribution in [0.5, 0.6) is 0 Å². The second-order valence-electron chi connectivity index (χ2n) is 1.84. The van der Waals surface area contributed by atoms with Crippen LogP contribution in [0.4, 0.5) is 0 Å². The first-order valence-corrected chi connectivity index (χ1v) is 3.02. The molecule has 0 amide bonds. The third-order valence-corrected chi connectivity index (χ3v) is 0.898. The standard InChI is InChI=1S/C7H12N4/c8-3-1-6(10)5-7(11)2-4-9/h1-5,8H,9-11H2/b4-2+,6-1-,7-5-,8-3?. The maximum atomic E-state index is 6.69. The molecule has 0 aromatic heterocycles. The third-order valence-electron chi connectivity index (χ3n) is 0.898. The van der Waals surface area contributed by atoms with Gasteiger partial charge in [-0.2, -0.15) is 0 Å². The first kappa shape index (κ1) is 9.29.